The number of urea groups is 1. The number of nitrogens with one attached hydrogen (secondary N) is 3. The van der Waals surface area contributed by atoms with Gasteiger partial charge in [0.1, 0.15) is 11.8 Å². The highest BCUT2D eigenvalue weighted by atomic mass is 32.2. The third-order valence-corrected chi connectivity index (χ3v) is 9.26. The first-order valence-electron chi connectivity index (χ1n) is 15.1. The monoisotopic (exact) mass is 622 g/mol. The number of methoxy groups -OCH3 is 1. The molecule has 2 atom stereocenters. The van der Waals surface area contributed by atoms with Crippen molar-refractivity contribution < 1.29 is 22.7 Å². The number of carbonyl (C=O) groups excluding carboxylic acids is 2. The molecule has 0 bridgehead atoms. The average Bonchev–Trinajstić information content (AvgIpc) is 3.00. The van der Waals surface area contributed by atoms with Gasteiger partial charge in [0.2, 0.25) is 15.9 Å². The van der Waals surface area contributed by atoms with Crippen LogP contribution in [0, 0.1) is 12.8 Å². The Bertz CT molecular complexity index is 1430. The quantitative estimate of drug-likeness (QED) is 0.176. The SMILES string of the molecule is COc1ccc(NC(=O)N[C@@H](Cc2ccccc2)C(=O)NCCCC[C@@H](C)N(CC(C)C)S(=O)(=O)c2ccc(C)cc2)cc1. The van der Waals surface area contributed by atoms with Crippen LogP contribution in [-0.4, -0.2) is 56.9 Å². The molecule has 3 rings (SSSR count). The molecule has 3 aromatic rings. The Morgan fingerprint density at radius 3 is 2.16 bits per heavy atom. The van der Waals surface area contributed by atoms with E-state index in [-0.39, 0.29) is 17.9 Å². The highest BCUT2D eigenvalue weighted by molar-refractivity contribution is 7.89. The normalized spacial score (nSPS) is 12.9. The van der Waals surface area contributed by atoms with E-state index in [1.54, 1.807) is 47.8 Å². The van der Waals surface area contributed by atoms with Gasteiger partial charge in [-0.25, -0.2) is 13.2 Å². The number of hydrogen-bond acceptors (Lipinski definition) is 5. The molecule has 3 aromatic carbocycles. The molecule has 9 nitrogen and oxygen atoms in total. The lowest BCUT2D eigenvalue weighted by molar-refractivity contribution is -0.122. The largest absolute Gasteiger partial charge is 0.497 e. The lowest BCUT2D eigenvalue weighted by Gasteiger charge is -2.30. The third-order valence-electron chi connectivity index (χ3n) is 7.26. The predicted octanol–water partition coefficient (Wildman–Crippen LogP) is 5.76. The number of unbranched alkanes of at least 4 members (excludes halogenated alkanes) is 1. The molecule has 0 spiro atoms. The second-order valence-electron chi connectivity index (χ2n) is 11.5. The average molecular weight is 623 g/mol. The van der Waals surface area contributed by atoms with E-state index >= 15 is 0 Å². The standard InChI is InChI=1S/C34H46N4O5S/c1-25(2)24-38(44(41,42)31-20-14-26(3)15-21-31)27(4)11-9-10-22-35-33(39)32(23-28-12-7-6-8-13-28)37-34(40)36-29-16-18-30(43-5)19-17-29/h6-8,12-21,25,27,32H,9-11,22-24H2,1-5H3,(H,35,39)(H2,36,37,40)/t27-,32+/m1/s1. The maximum atomic E-state index is 13.5. The van der Waals surface area contributed by atoms with E-state index in [0.29, 0.717) is 48.7 Å². The van der Waals surface area contributed by atoms with Crippen molar-refractivity contribution in [1.29, 1.82) is 0 Å². The third kappa shape index (κ3) is 10.7. The zero-order valence-corrected chi connectivity index (χ0v) is 27.2. The number of nitrogens with zero attached hydrogens (tertiary/aromatic N) is 1. The summed E-state index contributed by atoms with van der Waals surface area (Å²) < 4.78 is 33.7. The van der Waals surface area contributed by atoms with Gasteiger partial charge < -0.3 is 20.7 Å². The van der Waals surface area contributed by atoms with Crippen LogP contribution in [-0.2, 0) is 21.2 Å². The smallest absolute Gasteiger partial charge is 0.319 e. The second-order valence-corrected chi connectivity index (χ2v) is 13.4. The molecular formula is C34H46N4O5S. The molecule has 0 fully saturated rings. The van der Waals surface area contributed by atoms with Gasteiger partial charge in [-0.05, 0) is 74.6 Å². The molecule has 0 aliphatic rings. The van der Waals surface area contributed by atoms with E-state index in [1.165, 1.54) is 0 Å². The lowest BCUT2D eigenvalue weighted by Crippen LogP contribution is -2.49. The molecule has 0 aliphatic heterocycles. The van der Waals surface area contributed by atoms with Gasteiger partial charge in [-0.15, -0.1) is 0 Å². The van der Waals surface area contributed by atoms with Gasteiger partial charge in [0.15, 0.2) is 0 Å². The number of rotatable bonds is 16. The predicted molar refractivity (Wildman–Crippen MR) is 175 cm³/mol. The molecule has 0 saturated carbocycles. The first kappa shape index (κ1) is 34.6. The molecule has 238 valence electrons. The molecule has 0 heterocycles. The minimum absolute atomic E-state index is 0.174. The summed E-state index contributed by atoms with van der Waals surface area (Å²) in [4.78, 5) is 26.3. The van der Waals surface area contributed by atoms with Crippen molar-refractivity contribution in [2.45, 2.75) is 70.4 Å². The lowest BCUT2D eigenvalue weighted by atomic mass is 10.1. The molecule has 0 saturated heterocycles. The van der Waals surface area contributed by atoms with Gasteiger partial charge in [-0.3, -0.25) is 4.79 Å². The summed E-state index contributed by atoms with van der Waals surface area (Å²) in [6.45, 7) is 8.73. The number of ether oxygens (including phenoxy) is 1. The van der Waals surface area contributed by atoms with Crippen LogP contribution in [0.15, 0.2) is 83.8 Å². The fourth-order valence-corrected chi connectivity index (χ4v) is 6.65. The topological polar surface area (TPSA) is 117 Å². The molecule has 0 radical (unpaired) electrons. The zero-order chi connectivity index (χ0) is 32.1. The van der Waals surface area contributed by atoms with E-state index in [1.807, 2.05) is 70.2 Å². The maximum Gasteiger partial charge on any atom is 0.319 e. The fourth-order valence-electron chi connectivity index (χ4n) is 4.82. The van der Waals surface area contributed by atoms with Crippen molar-refractivity contribution in [3.8, 4) is 5.75 Å². The summed E-state index contributed by atoms with van der Waals surface area (Å²) in [5.74, 6) is 0.565. The van der Waals surface area contributed by atoms with Crippen LogP contribution in [0.4, 0.5) is 10.5 Å². The Kier molecular flexibility index (Phi) is 13.2. The van der Waals surface area contributed by atoms with Crippen molar-refractivity contribution >= 4 is 27.6 Å². The van der Waals surface area contributed by atoms with Crippen LogP contribution < -0.4 is 20.7 Å². The Labute approximate surface area is 262 Å². The number of amides is 3. The minimum atomic E-state index is -3.64. The Balaban J connectivity index is 1.55. The second kappa shape index (κ2) is 16.8. The van der Waals surface area contributed by atoms with Gasteiger partial charge in [-0.2, -0.15) is 4.31 Å². The number of hydrogen-bond donors (Lipinski definition) is 3. The summed E-state index contributed by atoms with van der Waals surface area (Å²) in [7, 11) is -2.07. The van der Waals surface area contributed by atoms with Crippen molar-refractivity contribution in [2.24, 2.45) is 5.92 Å². The van der Waals surface area contributed by atoms with E-state index < -0.39 is 22.1 Å². The molecule has 44 heavy (non-hydrogen) atoms. The first-order chi connectivity index (χ1) is 21.0. The number of anilines is 1. The van der Waals surface area contributed by atoms with Gasteiger partial charge in [0.05, 0.1) is 12.0 Å². The number of aryl methyl sites for hydroxylation is 1. The van der Waals surface area contributed by atoms with Crippen LogP contribution >= 0.6 is 0 Å². The summed E-state index contributed by atoms with van der Waals surface area (Å²) in [6.07, 6.45) is 2.39. The van der Waals surface area contributed by atoms with E-state index in [0.717, 1.165) is 17.5 Å². The Hall–Kier alpha value is -3.89. The van der Waals surface area contributed by atoms with Crippen LogP contribution in [0.3, 0.4) is 0 Å². The Morgan fingerprint density at radius 1 is 0.886 bits per heavy atom. The fraction of sp³-hybridized carbons (Fsp3) is 0.412. The molecule has 0 unspecified atom stereocenters. The number of carbonyl (C=O) groups is 2. The minimum Gasteiger partial charge on any atom is -0.497 e. The van der Waals surface area contributed by atoms with Crippen LogP contribution in [0.1, 0.15) is 51.2 Å². The van der Waals surface area contributed by atoms with Gasteiger partial charge in [-0.1, -0.05) is 68.3 Å². The summed E-state index contributed by atoms with van der Waals surface area (Å²) in [5, 5.41) is 8.52. The number of benzene rings is 3. The zero-order valence-electron chi connectivity index (χ0n) is 26.4. The van der Waals surface area contributed by atoms with Gasteiger partial charge >= 0.3 is 6.03 Å². The van der Waals surface area contributed by atoms with E-state index in [4.69, 9.17) is 4.74 Å². The molecule has 3 N–H and O–H groups in total. The summed E-state index contributed by atoms with van der Waals surface area (Å²) >= 11 is 0. The number of sulfonamides is 1. The van der Waals surface area contributed by atoms with Crippen molar-refractivity contribution in [2.75, 3.05) is 25.5 Å². The summed E-state index contributed by atoms with van der Waals surface area (Å²) in [6, 6.07) is 21.9. The van der Waals surface area contributed by atoms with Crippen LogP contribution in [0.25, 0.3) is 0 Å². The maximum absolute atomic E-state index is 13.5. The van der Waals surface area contributed by atoms with Crippen LogP contribution in [0.5, 0.6) is 5.75 Å². The molecule has 0 aliphatic carbocycles. The van der Waals surface area contributed by atoms with Crippen molar-refractivity contribution in [1.82, 2.24) is 14.9 Å². The van der Waals surface area contributed by atoms with Crippen LogP contribution in [0.2, 0.25) is 0 Å². The Morgan fingerprint density at radius 2 is 1.55 bits per heavy atom. The van der Waals surface area contributed by atoms with E-state index in [2.05, 4.69) is 16.0 Å². The molecule has 3 amide bonds. The molecular weight excluding hydrogens is 576 g/mol. The molecule has 0 aromatic heterocycles. The molecule has 10 heteroatoms. The van der Waals surface area contributed by atoms with Gasteiger partial charge in [0.25, 0.3) is 0 Å². The highest BCUT2D eigenvalue weighted by Gasteiger charge is 2.29. The van der Waals surface area contributed by atoms with Gasteiger partial charge in [0, 0.05) is 31.2 Å². The highest BCUT2D eigenvalue weighted by Crippen LogP contribution is 2.23. The van der Waals surface area contributed by atoms with Crippen molar-refractivity contribution in [3.63, 3.8) is 0 Å². The van der Waals surface area contributed by atoms with E-state index in [9.17, 15) is 18.0 Å². The summed E-state index contributed by atoms with van der Waals surface area (Å²) in [5.41, 5.74) is 2.51. The van der Waals surface area contributed by atoms with Crippen molar-refractivity contribution in [3.05, 3.63) is 90.0 Å². The first-order valence-corrected chi connectivity index (χ1v) is 16.5.